The van der Waals surface area contributed by atoms with Crippen molar-refractivity contribution < 1.29 is 4.79 Å². The number of piperidine rings is 1. The van der Waals surface area contributed by atoms with Crippen LogP contribution in [-0.2, 0) is 0 Å². The number of thiazole rings is 1. The zero-order valence-corrected chi connectivity index (χ0v) is 14.4. The van der Waals surface area contributed by atoms with Gasteiger partial charge < -0.3 is 15.1 Å². The first-order chi connectivity index (χ1) is 11.3. The standard InChI is InChI=1S/C17H26N4OS/c22-16(21-11-13-3-1-2-4-14(13)12-21)19-15-5-8-20(9-6-15)17-18-7-10-23-17/h7,10,13-15H,1-6,8-9,11-12H2,(H,19,22)/t13-,14+. The molecule has 6 heteroatoms. The summed E-state index contributed by atoms with van der Waals surface area (Å²) in [6.07, 6.45) is 9.25. The van der Waals surface area contributed by atoms with Gasteiger partial charge in [-0.2, -0.15) is 0 Å². The molecule has 0 unspecified atom stereocenters. The second-order valence-corrected chi connectivity index (χ2v) is 8.11. The third-order valence-corrected chi connectivity index (χ3v) is 6.61. The quantitative estimate of drug-likeness (QED) is 0.904. The Morgan fingerprint density at radius 2 is 1.83 bits per heavy atom. The van der Waals surface area contributed by atoms with Crippen LogP contribution in [0.5, 0.6) is 0 Å². The Bertz CT molecular complexity index is 513. The highest BCUT2D eigenvalue weighted by Gasteiger charge is 2.37. The smallest absolute Gasteiger partial charge is 0.317 e. The van der Waals surface area contributed by atoms with E-state index >= 15 is 0 Å². The molecule has 4 rings (SSSR count). The number of aromatic nitrogens is 1. The van der Waals surface area contributed by atoms with Crippen molar-refractivity contribution in [3.05, 3.63) is 11.6 Å². The molecule has 1 aromatic rings. The summed E-state index contributed by atoms with van der Waals surface area (Å²) in [5.41, 5.74) is 0. The second-order valence-electron chi connectivity index (χ2n) is 7.24. The van der Waals surface area contributed by atoms with E-state index in [1.165, 1.54) is 25.7 Å². The first-order valence-corrected chi connectivity index (χ1v) is 9.87. The maximum atomic E-state index is 12.6. The fourth-order valence-corrected chi connectivity index (χ4v) is 5.12. The number of nitrogens with zero attached hydrogens (tertiary/aromatic N) is 3. The lowest BCUT2D eigenvalue weighted by Crippen LogP contribution is -2.48. The van der Waals surface area contributed by atoms with E-state index in [9.17, 15) is 4.79 Å². The van der Waals surface area contributed by atoms with E-state index in [1.807, 2.05) is 11.6 Å². The molecule has 0 bridgehead atoms. The zero-order valence-electron chi connectivity index (χ0n) is 13.6. The van der Waals surface area contributed by atoms with Crippen molar-refractivity contribution in [2.24, 2.45) is 11.8 Å². The molecule has 0 radical (unpaired) electrons. The van der Waals surface area contributed by atoms with Gasteiger partial charge in [0.25, 0.3) is 0 Å². The van der Waals surface area contributed by atoms with Crippen molar-refractivity contribution in [1.82, 2.24) is 15.2 Å². The van der Waals surface area contributed by atoms with Crippen molar-refractivity contribution >= 4 is 22.5 Å². The van der Waals surface area contributed by atoms with Gasteiger partial charge in [-0.15, -0.1) is 11.3 Å². The van der Waals surface area contributed by atoms with Crippen LogP contribution in [0.15, 0.2) is 11.6 Å². The van der Waals surface area contributed by atoms with Gasteiger partial charge in [0.15, 0.2) is 5.13 Å². The van der Waals surface area contributed by atoms with Crippen molar-refractivity contribution in [2.45, 2.75) is 44.6 Å². The number of carbonyl (C=O) groups excluding carboxylic acids is 1. The third kappa shape index (κ3) is 3.32. The van der Waals surface area contributed by atoms with E-state index < -0.39 is 0 Å². The van der Waals surface area contributed by atoms with Crippen LogP contribution in [0, 0.1) is 11.8 Å². The van der Waals surface area contributed by atoms with Crippen molar-refractivity contribution in [2.75, 3.05) is 31.1 Å². The van der Waals surface area contributed by atoms with E-state index in [0.717, 1.165) is 56.0 Å². The van der Waals surface area contributed by atoms with E-state index in [4.69, 9.17) is 0 Å². The first kappa shape index (κ1) is 15.2. The van der Waals surface area contributed by atoms with E-state index in [0.29, 0.717) is 6.04 Å². The molecule has 1 N–H and O–H groups in total. The molecule has 126 valence electrons. The molecule has 0 spiro atoms. The summed E-state index contributed by atoms with van der Waals surface area (Å²) in [5.74, 6) is 1.53. The Morgan fingerprint density at radius 3 is 2.43 bits per heavy atom. The fourth-order valence-electron chi connectivity index (χ4n) is 4.42. The number of nitrogens with one attached hydrogen (secondary N) is 1. The Morgan fingerprint density at radius 1 is 1.13 bits per heavy atom. The molecule has 2 aliphatic heterocycles. The van der Waals surface area contributed by atoms with Gasteiger partial charge in [0, 0.05) is 43.8 Å². The van der Waals surface area contributed by atoms with Gasteiger partial charge in [0.2, 0.25) is 0 Å². The average molecular weight is 334 g/mol. The fraction of sp³-hybridized carbons (Fsp3) is 0.765. The van der Waals surface area contributed by atoms with E-state index in [1.54, 1.807) is 11.3 Å². The Labute approximate surface area is 142 Å². The number of rotatable bonds is 2. The number of hydrogen-bond donors (Lipinski definition) is 1. The van der Waals surface area contributed by atoms with Gasteiger partial charge >= 0.3 is 6.03 Å². The minimum Gasteiger partial charge on any atom is -0.348 e. The third-order valence-electron chi connectivity index (χ3n) is 5.78. The van der Waals surface area contributed by atoms with Crippen molar-refractivity contribution in [3.8, 4) is 0 Å². The van der Waals surface area contributed by atoms with E-state index in [2.05, 4.69) is 20.1 Å². The van der Waals surface area contributed by atoms with Crippen LogP contribution < -0.4 is 10.2 Å². The highest BCUT2D eigenvalue weighted by molar-refractivity contribution is 7.13. The summed E-state index contributed by atoms with van der Waals surface area (Å²) in [6.45, 7) is 3.94. The summed E-state index contributed by atoms with van der Waals surface area (Å²) in [7, 11) is 0. The van der Waals surface area contributed by atoms with Crippen LogP contribution >= 0.6 is 11.3 Å². The normalized spacial score (nSPS) is 28.7. The molecule has 3 aliphatic rings. The highest BCUT2D eigenvalue weighted by atomic mass is 32.1. The lowest BCUT2D eigenvalue weighted by Gasteiger charge is -2.33. The molecular formula is C17H26N4OS. The van der Waals surface area contributed by atoms with Gasteiger partial charge in [0.05, 0.1) is 0 Å². The average Bonchev–Trinajstić information content (AvgIpc) is 3.25. The van der Waals surface area contributed by atoms with Crippen LogP contribution in [0.4, 0.5) is 9.93 Å². The highest BCUT2D eigenvalue weighted by Crippen LogP contribution is 2.36. The predicted molar refractivity (Wildman–Crippen MR) is 92.9 cm³/mol. The van der Waals surface area contributed by atoms with Gasteiger partial charge in [0.1, 0.15) is 0 Å². The number of likely N-dealkylation sites (tertiary alicyclic amines) is 1. The molecule has 23 heavy (non-hydrogen) atoms. The molecule has 5 nitrogen and oxygen atoms in total. The molecule has 3 fully saturated rings. The molecule has 1 aliphatic carbocycles. The predicted octanol–water partition coefficient (Wildman–Crippen LogP) is 2.94. The summed E-state index contributed by atoms with van der Waals surface area (Å²) in [4.78, 5) is 21.3. The molecule has 2 saturated heterocycles. The van der Waals surface area contributed by atoms with Crippen LogP contribution in [0.2, 0.25) is 0 Å². The number of carbonyl (C=O) groups is 1. The number of urea groups is 1. The summed E-state index contributed by atoms with van der Waals surface area (Å²) in [5, 5.41) is 6.41. The maximum absolute atomic E-state index is 12.6. The van der Waals surface area contributed by atoms with E-state index in [-0.39, 0.29) is 6.03 Å². The molecule has 1 saturated carbocycles. The van der Waals surface area contributed by atoms with Gasteiger partial charge in [-0.3, -0.25) is 0 Å². The number of amides is 2. The number of fused-ring (bicyclic) bond motifs is 1. The Hall–Kier alpha value is -1.30. The number of anilines is 1. The zero-order chi connectivity index (χ0) is 15.6. The molecule has 3 heterocycles. The van der Waals surface area contributed by atoms with Gasteiger partial charge in [-0.05, 0) is 37.5 Å². The Balaban J connectivity index is 1.25. The summed E-state index contributed by atoms with van der Waals surface area (Å²) < 4.78 is 0. The summed E-state index contributed by atoms with van der Waals surface area (Å²) in [6, 6.07) is 0.494. The van der Waals surface area contributed by atoms with Crippen molar-refractivity contribution in [1.29, 1.82) is 0 Å². The van der Waals surface area contributed by atoms with Gasteiger partial charge in [-0.1, -0.05) is 12.8 Å². The van der Waals surface area contributed by atoms with Gasteiger partial charge in [-0.25, -0.2) is 9.78 Å². The van der Waals surface area contributed by atoms with Crippen LogP contribution in [0.1, 0.15) is 38.5 Å². The largest absolute Gasteiger partial charge is 0.348 e. The lowest BCUT2D eigenvalue weighted by atomic mass is 9.82. The molecular weight excluding hydrogens is 308 g/mol. The van der Waals surface area contributed by atoms with Crippen molar-refractivity contribution in [3.63, 3.8) is 0 Å². The minimum atomic E-state index is 0.173. The minimum absolute atomic E-state index is 0.173. The maximum Gasteiger partial charge on any atom is 0.317 e. The molecule has 2 atom stereocenters. The van der Waals surface area contributed by atoms with Crippen LogP contribution in [0.3, 0.4) is 0 Å². The van der Waals surface area contributed by atoms with Crippen LogP contribution in [-0.4, -0.2) is 48.1 Å². The molecule has 2 amide bonds. The first-order valence-electron chi connectivity index (χ1n) is 8.99. The van der Waals surface area contributed by atoms with Crippen LogP contribution in [0.25, 0.3) is 0 Å². The monoisotopic (exact) mass is 334 g/mol. The molecule has 1 aromatic heterocycles. The Kier molecular flexibility index (Phi) is 4.42. The SMILES string of the molecule is O=C(NC1CCN(c2nccs2)CC1)N1C[C@H]2CCCC[C@H]2C1. The second kappa shape index (κ2) is 6.67. The number of hydrogen-bond acceptors (Lipinski definition) is 4. The molecule has 0 aromatic carbocycles. The lowest BCUT2D eigenvalue weighted by molar-refractivity contribution is 0.199. The topological polar surface area (TPSA) is 48.5 Å². The summed E-state index contributed by atoms with van der Waals surface area (Å²) >= 11 is 1.70.